The van der Waals surface area contributed by atoms with E-state index in [0.717, 1.165) is 36.5 Å². The largest absolute Gasteiger partial charge is 0.341 e. The van der Waals surface area contributed by atoms with Crippen LogP contribution in [0.15, 0.2) is 24.3 Å². The Bertz CT molecular complexity index is 458. The lowest BCUT2D eigenvalue weighted by molar-refractivity contribution is -0.134. The van der Waals surface area contributed by atoms with Crippen LogP contribution in [0.5, 0.6) is 0 Å². The zero-order chi connectivity index (χ0) is 14.5. The predicted octanol–water partition coefficient (Wildman–Crippen LogP) is 3.39. The number of benzene rings is 1. The first-order valence-corrected chi connectivity index (χ1v) is 7.76. The average molecular weight is 295 g/mol. The number of nitrogens with zero attached hydrogens (tertiary/aromatic N) is 1. The van der Waals surface area contributed by atoms with E-state index < -0.39 is 0 Å². The van der Waals surface area contributed by atoms with Crippen molar-refractivity contribution in [2.45, 2.75) is 45.2 Å². The minimum atomic E-state index is -0.181. The number of hydrogen-bond donors (Lipinski definition) is 1. The van der Waals surface area contributed by atoms with Crippen LogP contribution >= 0.6 is 11.6 Å². The third kappa shape index (κ3) is 3.74. The molecule has 3 nitrogen and oxygen atoms in total. The molecule has 4 heteroatoms. The van der Waals surface area contributed by atoms with Crippen LogP contribution in [-0.4, -0.2) is 29.9 Å². The van der Waals surface area contributed by atoms with E-state index in [4.69, 9.17) is 11.6 Å². The van der Waals surface area contributed by atoms with E-state index in [-0.39, 0.29) is 18.0 Å². The number of hydrogen-bond acceptors (Lipinski definition) is 2. The smallest absolute Gasteiger partial charge is 0.239 e. The molecule has 20 heavy (non-hydrogen) atoms. The van der Waals surface area contributed by atoms with Gasteiger partial charge in [0.05, 0.1) is 6.04 Å². The summed E-state index contributed by atoms with van der Waals surface area (Å²) in [5.74, 6) is 0.198. The summed E-state index contributed by atoms with van der Waals surface area (Å²) in [4.78, 5) is 14.4. The number of likely N-dealkylation sites (tertiary alicyclic amines) is 1. The number of amides is 1. The van der Waals surface area contributed by atoms with Crippen LogP contribution in [0.1, 0.15) is 44.7 Å². The lowest BCUT2D eigenvalue weighted by Crippen LogP contribution is -2.47. The Morgan fingerprint density at radius 3 is 2.50 bits per heavy atom. The second-order valence-corrected chi connectivity index (χ2v) is 5.92. The van der Waals surface area contributed by atoms with Gasteiger partial charge in [0.15, 0.2) is 0 Å². The molecule has 0 bridgehead atoms. The molecule has 110 valence electrons. The predicted molar refractivity (Wildman–Crippen MR) is 82.9 cm³/mol. The molecule has 1 aromatic rings. The third-order valence-corrected chi connectivity index (χ3v) is 4.25. The molecule has 0 radical (unpaired) electrons. The summed E-state index contributed by atoms with van der Waals surface area (Å²) in [7, 11) is 0. The molecule has 0 spiro atoms. The summed E-state index contributed by atoms with van der Waals surface area (Å²) in [6, 6.07) is 7.65. The fraction of sp³-hybridized carbons (Fsp3) is 0.562. The molecule has 1 N–H and O–H groups in total. The van der Waals surface area contributed by atoms with Crippen LogP contribution in [0.4, 0.5) is 0 Å². The monoisotopic (exact) mass is 294 g/mol. The Kier molecular flexibility index (Phi) is 5.44. The molecule has 1 aliphatic heterocycles. The quantitative estimate of drug-likeness (QED) is 0.923. The van der Waals surface area contributed by atoms with Gasteiger partial charge in [-0.25, -0.2) is 0 Å². The van der Waals surface area contributed by atoms with Crippen molar-refractivity contribution in [2.75, 3.05) is 13.1 Å². The van der Waals surface area contributed by atoms with Gasteiger partial charge in [-0.2, -0.15) is 0 Å². The normalized spacial score (nSPS) is 18.6. The molecule has 1 aliphatic rings. The number of piperidine rings is 1. The van der Waals surface area contributed by atoms with Crippen LogP contribution in [0.25, 0.3) is 0 Å². The van der Waals surface area contributed by atoms with E-state index in [2.05, 4.69) is 5.32 Å². The first-order chi connectivity index (χ1) is 9.59. The molecule has 2 rings (SSSR count). The van der Waals surface area contributed by atoms with E-state index >= 15 is 0 Å². The maximum atomic E-state index is 12.4. The fourth-order valence-electron chi connectivity index (χ4n) is 2.75. The molecule has 2 atom stereocenters. The lowest BCUT2D eigenvalue weighted by Gasteiger charge is -2.30. The van der Waals surface area contributed by atoms with E-state index in [1.165, 1.54) is 6.42 Å². The van der Waals surface area contributed by atoms with Crippen LogP contribution < -0.4 is 5.32 Å². The summed E-state index contributed by atoms with van der Waals surface area (Å²) < 4.78 is 0. The number of nitrogens with one attached hydrogen (secondary N) is 1. The first-order valence-electron chi connectivity index (χ1n) is 7.39. The highest BCUT2D eigenvalue weighted by Crippen LogP contribution is 2.22. The van der Waals surface area contributed by atoms with Gasteiger partial charge < -0.3 is 4.90 Å². The third-order valence-electron chi connectivity index (χ3n) is 3.91. The maximum Gasteiger partial charge on any atom is 0.239 e. The number of carbonyl (C=O) groups is 1. The van der Waals surface area contributed by atoms with Crippen molar-refractivity contribution >= 4 is 17.5 Å². The molecule has 0 saturated carbocycles. The van der Waals surface area contributed by atoms with Crippen molar-refractivity contribution in [1.29, 1.82) is 0 Å². The number of rotatable bonds is 4. The topological polar surface area (TPSA) is 32.3 Å². The van der Waals surface area contributed by atoms with Crippen LogP contribution in [0, 0.1) is 0 Å². The second-order valence-electron chi connectivity index (χ2n) is 5.52. The Morgan fingerprint density at radius 2 is 1.85 bits per heavy atom. The molecule has 1 amide bonds. The van der Waals surface area contributed by atoms with Gasteiger partial charge in [-0.05, 0) is 44.7 Å². The highest BCUT2D eigenvalue weighted by molar-refractivity contribution is 6.31. The minimum Gasteiger partial charge on any atom is -0.341 e. The van der Waals surface area contributed by atoms with Gasteiger partial charge in [-0.1, -0.05) is 29.8 Å². The van der Waals surface area contributed by atoms with E-state index in [9.17, 15) is 4.79 Å². The van der Waals surface area contributed by atoms with Gasteiger partial charge in [0.25, 0.3) is 0 Å². The summed E-state index contributed by atoms with van der Waals surface area (Å²) in [5.41, 5.74) is 1.03. The van der Waals surface area contributed by atoms with Crippen LogP contribution in [0.3, 0.4) is 0 Å². The standard InChI is InChI=1S/C16H23ClN2O/c1-12(14-8-4-5-9-15(14)17)18-13(2)16(20)19-10-6-3-7-11-19/h4-5,8-9,12-13,18H,3,6-7,10-11H2,1-2H3/t12-,13?/m0/s1. The molecule has 0 aliphatic carbocycles. The van der Waals surface area contributed by atoms with E-state index in [0.29, 0.717) is 0 Å². The van der Waals surface area contributed by atoms with Crippen molar-refractivity contribution < 1.29 is 4.79 Å². The van der Waals surface area contributed by atoms with Crippen molar-refractivity contribution in [1.82, 2.24) is 10.2 Å². The van der Waals surface area contributed by atoms with E-state index in [1.54, 1.807) is 0 Å². The average Bonchev–Trinajstić information content (AvgIpc) is 2.47. The Morgan fingerprint density at radius 1 is 1.20 bits per heavy atom. The maximum absolute atomic E-state index is 12.4. The SMILES string of the molecule is CC(N[C@@H](C)c1ccccc1Cl)C(=O)N1CCCCC1. The van der Waals surface area contributed by atoms with Gasteiger partial charge >= 0.3 is 0 Å². The molecular weight excluding hydrogens is 272 g/mol. The number of carbonyl (C=O) groups excluding carboxylic acids is 1. The van der Waals surface area contributed by atoms with Gasteiger partial charge in [0.2, 0.25) is 5.91 Å². The minimum absolute atomic E-state index is 0.0624. The Balaban J connectivity index is 1.95. The summed E-state index contributed by atoms with van der Waals surface area (Å²) in [5, 5.41) is 4.10. The number of halogens is 1. The summed E-state index contributed by atoms with van der Waals surface area (Å²) in [6.07, 6.45) is 3.48. The zero-order valence-electron chi connectivity index (χ0n) is 12.2. The lowest BCUT2D eigenvalue weighted by atomic mass is 10.1. The van der Waals surface area contributed by atoms with Crippen molar-refractivity contribution in [3.8, 4) is 0 Å². The second kappa shape index (κ2) is 7.09. The van der Waals surface area contributed by atoms with Crippen LogP contribution in [0.2, 0.25) is 5.02 Å². The summed E-state index contributed by atoms with van der Waals surface area (Å²) >= 11 is 6.20. The molecule has 1 heterocycles. The molecular formula is C16H23ClN2O. The highest BCUT2D eigenvalue weighted by Gasteiger charge is 2.23. The van der Waals surface area contributed by atoms with Gasteiger partial charge in [0, 0.05) is 24.2 Å². The molecule has 1 unspecified atom stereocenters. The van der Waals surface area contributed by atoms with Crippen molar-refractivity contribution in [2.24, 2.45) is 0 Å². The molecule has 1 aromatic carbocycles. The van der Waals surface area contributed by atoms with Crippen molar-refractivity contribution in [3.05, 3.63) is 34.9 Å². The first kappa shape index (κ1) is 15.3. The van der Waals surface area contributed by atoms with E-state index in [1.807, 2.05) is 43.0 Å². The van der Waals surface area contributed by atoms with Gasteiger partial charge in [-0.15, -0.1) is 0 Å². The van der Waals surface area contributed by atoms with Crippen molar-refractivity contribution in [3.63, 3.8) is 0 Å². The molecule has 1 fully saturated rings. The van der Waals surface area contributed by atoms with Gasteiger partial charge in [0.1, 0.15) is 0 Å². The molecule has 0 aromatic heterocycles. The summed E-state index contributed by atoms with van der Waals surface area (Å²) in [6.45, 7) is 5.77. The molecule has 1 saturated heterocycles. The Hall–Kier alpha value is -1.06. The Labute approximate surface area is 126 Å². The fourth-order valence-corrected chi connectivity index (χ4v) is 3.05. The van der Waals surface area contributed by atoms with Gasteiger partial charge in [-0.3, -0.25) is 10.1 Å². The van der Waals surface area contributed by atoms with Crippen LogP contribution in [-0.2, 0) is 4.79 Å². The zero-order valence-corrected chi connectivity index (χ0v) is 13.0. The highest BCUT2D eigenvalue weighted by atomic mass is 35.5.